The molecule has 6 nitrogen and oxygen atoms in total. The molecule has 1 aromatic rings. The van der Waals surface area contributed by atoms with Crippen LogP contribution in [0.1, 0.15) is 76.1 Å². The highest BCUT2D eigenvalue weighted by molar-refractivity contribution is 5.75. The predicted octanol–water partition coefficient (Wildman–Crippen LogP) is 2.25. The van der Waals surface area contributed by atoms with Crippen LogP contribution in [0.3, 0.4) is 0 Å². The van der Waals surface area contributed by atoms with Crippen LogP contribution in [-0.4, -0.2) is 44.7 Å². The molecule has 3 rings (SSSR count). The summed E-state index contributed by atoms with van der Waals surface area (Å²) in [4.78, 5) is 26.0. The largest absolute Gasteiger partial charge is 0.345 e. The molecule has 1 aromatic heterocycles. The Hall–Kier alpha value is -1.43. The molecular weight excluding hydrogens is 304 g/mol. The van der Waals surface area contributed by atoms with E-state index in [2.05, 4.69) is 10.00 Å². The van der Waals surface area contributed by atoms with Gasteiger partial charge in [0, 0.05) is 25.4 Å². The van der Waals surface area contributed by atoms with Crippen LogP contribution in [0, 0.1) is 0 Å². The molecule has 2 heterocycles. The Kier molecular flexibility index (Phi) is 5.54. The molecule has 0 aromatic carbocycles. The van der Waals surface area contributed by atoms with Gasteiger partial charge < -0.3 is 9.69 Å². The third-order valence-electron chi connectivity index (χ3n) is 5.63. The molecule has 1 saturated heterocycles. The van der Waals surface area contributed by atoms with E-state index in [1.54, 1.807) is 14.0 Å². The number of hydrogen-bond acceptors (Lipinski definition) is 4. The smallest absolute Gasteiger partial charge is 0.303 e. The Bertz CT molecular complexity index is 619. The number of piperidine rings is 1. The fourth-order valence-corrected chi connectivity index (χ4v) is 4.25. The van der Waals surface area contributed by atoms with Gasteiger partial charge >= 0.3 is 5.69 Å². The van der Waals surface area contributed by atoms with Gasteiger partial charge in [-0.2, -0.15) is 5.10 Å². The van der Waals surface area contributed by atoms with Crippen molar-refractivity contribution in [1.82, 2.24) is 19.2 Å². The quantitative estimate of drug-likeness (QED) is 0.800. The van der Waals surface area contributed by atoms with Crippen LogP contribution in [0.4, 0.5) is 0 Å². The van der Waals surface area contributed by atoms with Crippen molar-refractivity contribution in [2.45, 2.75) is 70.3 Å². The van der Waals surface area contributed by atoms with E-state index in [1.165, 1.54) is 17.5 Å². The minimum absolute atomic E-state index is 0.0563. The van der Waals surface area contributed by atoms with Crippen molar-refractivity contribution in [2.75, 3.05) is 19.6 Å². The summed E-state index contributed by atoms with van der Waals surface area (Å²) >= 11 is 0. The summed E-state index contributed by atoms with van der Waals surface area (Å²) in [6, 6.07) is 0.356. The number of carbonyl (C=O) groups excluding carboxylic acids is 1. The van der Waals surface area contributed by atoms with Crippen molar-refractivity contribution in [3.05, 3.63) is 16.3 Å². The van der Waals surface area contributed by atoms with Crippen molar-refractivity contribution < 1.29 is 4.79 Å². The summed E-state index contributed by atoms with van der Waals surface area (Å²) in [5, 5.41) is 4.59. The zero-order valence-corrected chi connectivity index (χ0v) is 15.0. The van der Waals surface area contributed by atoms with Gasteiger partial charge in [0.15, 0.2) is 0 Å². The molecule has 1 saturated carbocycles. The van der Waals surface area contributed by atoms with Crippen LogP contribution in [0.2, 0.25) is 0 Å². The lowest BCUT2D eigenvalue weighted by atomic mass is 9.95. The monoisotopic (exact) mass is 334 g/mol. The number of aromatic nitrogens is 3. The Balaban J connectivity index is 1.63. The average molecular weight is 334 g/mol. The van der Waals surface area contributed by atoms with Crippen LogP contribution < -0.4 is 5.69 Å². The lowest BCUT2D eigenvalue weighted by molar-refractivity contribution is -0.117. The van der Waals surface area contributed by atoms with Crippen molar-refractivity contribution >= 4 is 5.78 Å². The van der Waals surface area contributed by atoms with Crippen LogP contribution in [0.5, 0.6) is 0 Å². The average Bonchev–Trinajstić information content (AvgIpc) is 3.17. The third kappa shape index (κ3) is 3.79. The highest BCUT2D eigenvalue weighted by Gasteiger charge is 2.30. The molecule has 24 heavy (non-hydrogen) atoms. The molecule has 2 fully saturated rings. The third-order valence-corrected chi connectivity index (χ3v) is 5.63. The van der Waals surface area contributed by atoms with Gasteiger partial charge in [0.05, 0.1) is 0 Å². The maximum atomic E-state index is 12.5. The molecule has 0 bridgehead atoms. The first-order chi connectivity index (χ1) is 11.6. The van der Waals surface area contributed by atoms with Crippen LogP contribution >= 0.6 is 0 Å². The molecule has 1 aliphatic heterocycles. The Labute approximate surface area is 143 Å². The summed E-state index contributed by atoms with van der Waals surface area (Å²) in [7, 11) is 1.77. The van der Waals surface area contributed by atoms with E-state index in [0.29, 0.717) is 18.4 Å². The molecule has 6 heteroatoms. The number of carbonyl (C=O) groups is 1. The van der Waals surface area contributed by atoms with E-state index in [9.17, 15) is 9.59 Å². The van der Waals surface area contributed by atoms with Gasteiger partial charge in [-0.05, 0) is 58.7 Å². The first-order valence-electron chi connectivity index (χ1n) is 9.43. The van der Waals surface area contributed by atoms with E-state index in [1.807, 2.05) is 4.57 Å². The maximum absolute atomic E-state index is 12.5. The fourth-order valence-electron chi connectivity index (χ4n) is 4.25. The summed E-state index contributed by atoms with van der Waals surface area (Å²) in [5.41, 5.74) is 0.0563. The lowest BCUT2D eigenvalue weighted by Gasteiger charge is -2.32. The van der Waals surface area contributed by atoms with E-state index in [4.69, 9.17) is 0 Å². The van der Waals surface area contributed by atoms with Crippen LogP contribution in [0.15, 0.2) is 4.79 Å². The number of Topliss-reactive ketones (excluding diaryl/α,β-unsaturated/α-hetero) is 1. The normalized spacial score (nSPS) is 20.8. The second kappa shape index (κ2) is 7.64. The van der Waals surface area contributed by atoms with Gasteiger partial charge in [-0.3, -0.25) is 4.57 Å². The number of rotatable bonds is 6. The second-order valence-corrected chi connectivity index (χ2v) is 7.49. The summed E-state index contributed by atoms with van der Waals surface area (Å²) in [6.07, 6.45) is 8.43. The minimum atomic E-state index is 0.0563. The van der Waals surface area contributed by atoms with Gasteiger partial charge in [-0.15, -0.1) is 0 Å². The van der Waals surface area contributed by atoms with Gasteiger partial charge in [0.25, 0.3) is 0 Å². The number of likely N-dealkylation sites (tertiary alicyclic amines) is 1. The first-order valence-corrected chi connectivity index (χ1v) is 9.43. The minimum Gasteiger partial charge on any atom is -0.303 e. The van der Waals surface area contributed by atoms with Crippen molar-refractivity contribution in [1.29, 1.82) is 0 Å². The molecule has 0 radical (unpaired) electrons. The highest BCUT2D eigenvalue weighted by atomic mass is 16.2. The predicted molar refractivity (Wildman–Crippen MR) is 93.3 cm³/mol. The number of hydrogen-bond donors (Lipinski definition) is 0. The SMILES string of the molecule is CC(=O)CCCN1CCC(c2nn(C)c(=O)n2C2CCCC2)CC1. The lowest BCUT2D eigenvalue weighted by Crippen LogP contribution is -2.35. The Morgan fingerprint density at radius 1 is 1.17 bits per heavy atom. The molecule has 1 aliphatic carbocycles. The molecule has 2 aliphatic rings. The van der Waals surface area contributed by atoms with E-state index >= 15 is 0 Å². The van der Waals surface area contributed by atoms with Gasteiger partial charge in [-0.1, -0.05) is 12.8 Å². The standard InChI is InChI=1S/C18H30N4O2/c1-14(23)6-5-11-21-12-9-15(10-13-21)17-19-20(2)18(24)22(17)16-7-3-4-8-16/h15-16H,3-13H2,1-2H3. The van der Waals surface area contributed by atoms with Crippen LogP contribution in [-0.2, 0) is 11.8 Å². The molecular formula is C18H30N4O2. The summed E-state index contributed by atoms with van der Waals surface area (Å²) < 4.78 is 3.52. The number of aryl methyl sites for hydroxylation is 1. The van der Waals surface area contributed by atoms with Gasteiger partial charge in [0.2, 0.25) is 0 Å². The maximum Gasteiger partial charge on any atom is 0.345 e. The van der Waals surface area contributed by atoms with E-state index in [-0.39, 0.29) is 11.5 Å². The topological polar surface area (TPSA) is 60.1 Å². The van der Waals surface area contributed by atoms with Crippen molar-refractivity contribution in [3.8, 4) is 0 Å². The van der Waals surface area contributed by atoms with Crippen molar-refractivity contribution in [3.63, 3.8) is 0 Å². The van der Waals surface area contributed by atoms with Crippen molar-refractivity contribution in [2.24, 2.45) is 7.05 Å². The molecule has 0 N–H and O–H groups in total. The highest BCUT2D eigenvalue weighted by Crippen LogP contribution is 2.33. The molecule has 134 valence electrons. The Morgan fingerprint density at radius 2 is 1.83 bits per heavy atom. The summed E-state index contributed by atoms with van der Waals surface area (Å²) in [6.45, 7) is 4.75. The zero-order chi connectivity index (χ0) is 17.1. The fraction of sp³-hybridized carbons (Fsp3) is 0.833. The molecule has 0 amide bonds. The Morgan fingerprint density at radius 3 is 2.46 bits per heavy atom. The second-order valence-electron chi connectivity index (χ2n) is 7.49. The molecule has 0 unspecified atom stereocenters. The van der Waals surface area contributed by atoms with Crippen LogP contribution in [0.25, 0.3) is 0 Å². The van der Waals surface area contributed by atoms with Gasteiger partial charge in [-0.25, -0.2) is 9.48 Å². The van der Waals surface area contributed by atoms with Gasteiger partial charge in [0.1, 0.15) is 11.6 Å². The summed E-state index contributed by atoms with van der Waals surface area (Å²) in [5.74, 6) is 1.68. The molecule has 0 atom stereocenters. The number of ketones is 1. The first kappa shape index (κ1) is 17.4. The molecule has 0 spiro atoms. The zero-order valence-electron chi connectivity index (χ0n) is 15.0. The number of nitrogens with zero attached hydrogens (tertiary/aromatic N) is 4. The van der Waals surface area contributed by atoms with E-state index in [0.717, 1.165) is 57.6 Å². The van der Waals surface area contributed by atoms with E-state index < -0.39 is 0 Å².